The van der Waals surface area contributed by atoms with E-state index >= 15 is 0 Å². The molecular weight excluding hydrogens is 252 g/mol. The van der Waals surface area contributed by atoms with Crippen LogP contribution < -0.4 is 21.3 Å². The van der Waals surface area contributed by atoms with Crippen LogP contribution in [0.4, 0.5) is 16.2 Å². The summed E-state index contributed by atoms with van der Waals surface area (Å²) in [4.78, 5) is 13.5. The lowest BCUT2D eigenvalue weighted by Gasteiger charge is -2.28. The Balaban J connectivity index is 1.66. The van der Waals surface area contributed by atoms with Gasteiger partial charge in [0.2, 0.25) is 0 Å². The number of urea groups is 1. The number of hydrogen-bond donors (Lipinski definition) is 3. The van der Waals surface area contributed by atoms with Crippen molar-refractivity contribution in [1.82, 2.24) is 5.32 Å². The SMILES string of the molecule is NC1CCC(Nc2cccc(N3CCNC3=O)c2)CC1. The maximum absolute atomic E-state index is 11.7. The van der Waals surface area contributed by atoms with Gasteiger partial charge in [-0.2, -0.15) is 0 Å². The standard InChI is InChI=1S/C15H22N4O/c16-11-4-6-12(7-5-11)18-13-2-1-3-14(10-13)19-9-8-17-15(19)20/h1-3,10-12,18H,4-9,16H2,(H,17,20). The smallest absolute Gasteiger partial charge is 0.321 e. The largest absolute Gasteiger partial charge is 0.382 e. The first-order valence-electron chi connectivity index (χ1n) is 7.40. The summed E-state index contributed by atoms with van der Waals surface area (Å²) < 4.78 is 0. The Morgan fingerprint density at radius 3 is 2.75 bits per heavy atom. The molecule has 5 heteroatoms. The Hall–Kier alpha value is -1.75. The van der Waals surface area contributed by atoms with Gasteiger partial charge in [-0.05, 0) is 43.9 Å². The van der Waals surface area contributed by atoms with Crippen LogP contribution in [0.5, 0.6) is 0 Å². The minimum atomic E-state index is -0.00853. The number of benzene rings is 1. The van der Waals surface area contributed by atoms with Crippen molar-refractivity contribution in [2.45, 2.75) is 37.8 Å². The van der Waals surface area contributed by atoms with Gasteiger partial charge in [-0.1, -0.05) is 6.07 Å². The molecular formula is C15H22N4O. The zero-order chi connectivity index (χ0) is 13.9. The first kappa shape index (κ1) is 13.2. The zero-order valence-electron chi connectivity index (χ0n) is 11.6. The predicted molar refractivity (Wildman–Crippen MR) is 81.0 cm³/mol. The highest BCUT2D eigenvalue weighted by atomic mass is 16.2. The molecule has 1 aliphatic heterocycles. The number of amides is 2. The second-order valence-corrected chi connectivity index (χ2v) is 5.69. The Labute approximate surface area is 119 Å². The quantitative estimate of drug-likeness (QED) is 0.788. The summed E-state index contributed by atoms with van der Waals surface area (Å²) in [7, 11) is 0. The Bertz CT molecular complexity index is 483. The van der Waals surface area contributed by atoms with Gasteiger partial charge in [-0.15, -0.1) is 0 Å². The molecule has 1 heterocycles. The van der Waals surface area contributed by atoms with E-state index in [1.165, 1.54) is 0 Å². The van der Waals surface area contributed by atoms with Gasteiger partial charge in [0, 0.05) is 36.5 Å². The fourth-order valence-corrected chi connectivity index (χ4v) is 2.98. The van der Waals surface area contributed by atoms with Crippen LogP contribution in [-0.4, -0.2) is 31.2 Å². The Kier molecular flexibility index (Phi) is 3.78. The van der Waals surface area contributed by atoms with Gasteiger partial charge < -0.3 is 16.4 Å². The van der Waals surface area contributed by atoms with Crippen LogP contribution in [0.15, 0.2) is 24.3 Å². The summed E-state index contributed by atoms with van der Waals surface area (Å²) in [6.07, 6.45) is 4.42. The van der Waals surface area contributed by atoms with Crippen molar-refractivity contribution < 1.29 is 4.79 Å². The number of nitrogens with one attached hydrogen (secondary N) is 2. The second-order valence-electron chi connectivity index (χ2n) is 5.69. The number of nitrogens with zero attached hydrogens (tertiary/aromatic N) is 1. The molecule has 0 unspecified atom stereocenters. The minimum absolute atomic E-state index is 0.00853. The summed E-state index contributed by atoms with van der Waals surface area (Å²) in [6, 6.07) is 8.95. The molecule has 1 aromatic rings. The topological polar surface area (TPSA) is 70.4 Å². The van der Waals surface area contributed by atoms with E-state index in [2.05, 4.69) is 22.8 Å². The molecule has 0 aromatic heterocycles. The predicted octanol–water partition coefficient (Wildman–Crippen LogP) is 1.90. The number of anilines is 2. The first-order chi connectivity index (χ1) is 9.72. The van der Waals surface area contributed by atoms with Gasteiger partial charge in [0.1, 0.15) is 0 Å². The molecule has 5 nitrogen and oxygen atoms in total. The molecule has 3 rings (SSSR count). The summed E-state index contributed by atoms with van der Waals surface area (Å²) in [5, 5.41) is 6.39. The monoisotopic (exact) mass is 274 g/mol. The van der Waals surface area contributed by atoms with Crippen molar-refractivity contribution in [3.05, 3.63) is 24.3 Å². The number of hydrogen-bond acceptors (Lipinski definition) is 3. The number of nitrogens with two attached hydrogens (primary N) is 1. The van der Waals surface area contributed by atoms with Crippen molar-refractivity contribution >= 4 is 17.4 Å². The van der Waals surface area contributed by atoms with Gasteiger partial charge in [0.05, 0.1) is 0 Å². The lowest BCUT2D eigenvalue weighted by molar-refractivity contribution is 0.252. The van der Waals surface area contributed by atoms with Gasteiger partial charge in [-0.25, -0.2) is 4.79 Å². The fourth-order valence-electron chi connectivity index (χ4n) is 2.98. The van der Waals surface area contributed by atoms with Crippen LogP contribution in [0.25, 0.3) is 0 Å². The molecule has 2 amide bonds. The van der Waals surface area contributed by atoms with Crippen LogP contribution in [0.1, 0.15) is 25.7 Å². The van der Waals surface area contributed by atoms with Crippen LogP contribution in [0.3, 0.4) is 0 Å². The van der Waals surface area contributed by atoms with E-state index in [4.69, 9.17) is 5.73 Å². The van der Waals surface area contributed by atoms with E-state index in [1.807, 2.05) is 12.1 Å². The zero-order valence-corrected chi connectivity index (χ0v) is 11.6. The summed E-state index contributed by atoms with van der Waals surface area (Å²) in [5.74, 6) is 0. The minimum Gasteiger partial charge on any atom is -0.382 e. The number of carbonyl (C=O) groups is 1. The molecule has 108 valence electrons. The fraction of sp³-hybridized carbons (Fsp3) is 0.533. The first-order valence-corrected chi connectivity index (χ1v) is 7.40. The van der Waals surface area contributed by atoms with Crippen molar-refractivity contribution in [1.29, 1.82) is 0 Å². The third-order valence-corrected chi connectivity index (χ3v) is 4.16. The van der Waals surface area contributed by atoms with Gasteiger partial charge in [0.25, 0.3) is 0 Å². The molecule has 0 bridgehead atoms. The average molecular weight is 274 g/mol. The highest BCUT2D eigenvalue weighted by Gasteiger charge is 2.22. The van der Waals surface area contributed by atoms with E-state index < -0.39 is 0 Å². The van der Waals surface area contributed by atoms with Crippen molar-refractivity contribution in [3.8, 4) is 0 Å². The molecule has 1 aromatic carbocycles. The highest BCUT2D eigenvalue weighted by molar-refractivity contribution is 5.94. The molecule has 0 radical (unpaired) electrons. The molecule has 1 saturated heterocycles. The molecule has 2 fully saturated rings. The highest BCUT2D eigenvalue weighted by Crippen LogP contribution is 2.25. The molecule has 0 spiro atoms. The third-order valence-electron chi connectivity index (χ3n) is 4.16. The Morgan fingerprint density at radius 1 is 1.25 bits per heavy atom. The van der Waals surface area contributed by atoms with Crippen LogP contribution >= 0.6 is 0 Å². The van der Waals surface area contributed by atoms with Crippen LogP contribution in [0.2, 0.25) is 0 Å². The average Bonchev–Trinajstić information content (AvgIpc) is 2.88. The van der Waals surface area contributed by atoms with Gasteiger partial charge in [0.15, 0.2) is 0 Å². The van der Waals surface area contributed by atoms with E-state index in [-0.39, 0.29) is 6.03 Å². The van der Waals surface area contributed by atoms with E-state index in [0.29, 0.717) is 12.1 Å². The number of carbonyl (C=O) groups excluding carboxylic acids is 1. The third kappa shape index (κ3) is 2.88. The molecule has 4 N–H and O–H groups in total. The maximum Gasteiger partial charge on any atom is 0.321 e. The van der Waals surface area contributed by atoms with Crippen LogP contribution in [0, 0.1) is 0 Å². The van der Waals surface area contributed by atoms with E-state index in [1.54, 1.807) is 4.90 Å². The molecule has 1 saturated carbocycles. The second kappa shape index (κ2) is 5.71. The number of rotatable bonds is 3. The van der Waals surface area contributed by atoms with Crippen molar-refractivity contribution in [3.63, 3.8) is 0 Å². The van der Waals surface area contributed by atoms with Gasteiger partial charge in [-0.3, -0.25) is 4.90 Å². The molecule has 20 heavy (non-hydrogen) atoms. The van der Waals surface area contributed by atoms with E-state index in [0.717, 1.165) is 50.1 Å². The maximum atomic E-state index is 11.7. The normalized spacial score (nSPS) is 26.4. The van der Waals surface area contributed by atoms with Crippen molar-refractivity contribution in [2.24, 2.45) is 5.73 Å². The van der Waals surface area contributed by atoms with Crippen molar-refractivity contribution in [2.75, 3.05) is 23.3 Å². The lowest BCUT2D eigenvalue weighted by Crippen LogP contribution is -2.33. The Morgan fingerprint density at radius 2 is 2.05 bits per heavy atom. The summed E-state index contributed by atoms with van der Waals surface area (Å²) in [6.45, 7) is 1.46. The molecule has 1 aliphatic carbocycles. The molecule has 0 atom stereocenters. The summed E-state index contributed by atoms with van der Waals surface area (Å²) in [5.41, 5.74) is 7.98. The van der Waals surface area contributed by atoms with Crippen LogP contribution in [-0.2, 0) is 0 Å². The van der Waals surface area contributed by atoms with E-state index in [9.17, 15) is 4.79 Å². The molecule has 2 aliphatic rings. The summed E-state index contributed by atoms with van der Waals surface area (Å²) >= 11 is 0. The lowest BCUT2D eigenvalue weighted by atomic mass is 9.91. The van der Waals surface area contributed by atoms with Gasteiger partial charge >= 0.3 is 6.03 Å².